The van der Waals surface area contributed by atoms with Crippen LogP contribution < -0.4 is 10.6 Å². The second-order valence-electron chi connectivity index (χ2n) is 6.49. The minimum atomic E-state index is -0.0825. The van der Waals surface area contributed by atoms with Gasteiger partial charge in [0.1, 0.15) is 23.8 Å². The van der Waals surface area contributed by atoms with E-state index >= 15 is 0 Å². The van der Waals surface area contributed by atoms with Gasteiger partial charge in [0.05, 0.1) is 5.69 Å². The highest BCUT2D eigenvalue weighted by Gasteiger charge is 2.09. The van der Waals surface area contributed by atoms with Crippen molar-refractivity contribution in [3.63, 3.8) is 0 Å². The number of hydrogen-bond acceptors (Lipinski definition) is 5. The van der Waals surface area contributed by atoms with Crippen LogP contribution in [-0.4, -0.2) is 38.5 Å². The first-order valence-corrected chi connectivity index (χ1v) is 8.89. The second kappa shape index (κ2) is 7.99. The summed E-state index contributed by atoms with van der Waals surface area (Å²) >= 11 is 0. The molecule has 140 valence electrons. The third kappa shape index (κ3) is 4.49. The Bertz CT molecular complexity index is 946. The van der Waals surface area contributed by atoms with E-state index in [1.807, 2.05) is 62.6 Å². The predicted molar refractivity (Wildman–Crippen MR) is 105 cm³/mol. The number of aromatic nitrogens is 4. The number of aryl methyl sites for hydroxylation is 3. The smallest absolute Gasteiger partial charge is 0.251 e. The van der Waals surface area contributed by atoms with Gasteiger partial charge in [-0.1, -0.05) is 17.7 Å². The molecule has 0 saturated carbocycles. The normalized spacial score (nSPS) is 10.7. The molecule has 1 aromatic carbocycles. The maximum Gasteiger partial charge on any atom is 0.251 e. The van der Waals surface area contributed by atoms with E-state index in [1.165, 1.54) is 0 Å². The zero-order valence-electron chi connectivity index (χ0n) is 16.1. The first kappa shape index (κ1) is 18.6. The fraction of sp³-hybridized carbons (Fsp3) is 0.300. The molecule has 0 bridgehead atoms. The van der Waals surface area contributed by atoms with Crippen molar-refractivity contribution in [1.82, 2.24) is 24.8 Å². The molecule has 2 aromatic heterocycles. The van der Waals surface area contributed by atoms with E-state index in [2.05, 4.69) is 25.6 Å². The Morgan fingerprint density at radius 1 is 1.04 bits per heavy atom. The van der Waals surface area contributed by atoms with Crippen molar-refractivity contribution in [1.29, 1.82) is 0 Å². The molecule has 3 rings (SSSR count). The highest BCUT2D eigenvalue weighted by molar-refractivity contribution is 5.94. The molecular weight excluding hydrogens is 340 g/mol. The molecule has 0 atom stereocenters. The summed E-state index contributed by atoms with van der Waals surface area (Å²) < 4.78 is 1.94. The quantitative estimate of drug-likeness (QED) is 0.657. The minimum absolute atomic E-state index is 0.0825. The zero-order chi connectivity index (χ0) is 19.4. The Labute approximate surface area is 158 Å². The summed E-state index contributed by atoms with van der Waals surface area (Å²) in [6.45, 7) is 8.89. The molecule has 2 heterocycles. The van der Waals surface area contributed by atoms with Gasteiger partial charge in [-0.15, -0.1) is 0 Å². The first-order chi connectivity index (χ1) is 12.9. The molecule has 0 aliphatic heterocycles. The Kier molecular flexibility index (Phi) is 5.49. The van der Waals surface area contributed by atoms with E-state index in [0.29, 0.717) is 30.3 Å². The summed E-state index contributed by atoms with van der Waals surface area (Å²) in [4.78, 5) is 25.3. The van der Waals surface area contributed by atoms with Gasteiger partial charge >= 0.3 is 0 Å². The van der Waals surface area contributed by atoms with Crippen LogP contribution in [0.2, 0.25) is 0 Å². The number of imidazole rings is 1. The van der Waals surface area contributed by atoms with Gasteiger partial charge in [-0.05, 0) is 39.8 Å². The van der Waals surface area contributed by atoms with Gasteiger partial charge < -0.3 is 10.6 Å². The minimum Gasteiger partial charge on any atom is -0.368 e. The van der Waals surface area contributed by atoms with E-state index in [0.717, 1.165) is 22.8 Å². The monoisotopic (exact) mass is 364 g/mol. The van der Waals surface area contributed by atoms with Crippen LogP contribution in [0.3, 0.4) is 0 Å². The van der Waals surface area contributed by atoms with Crippen molar-refractivity contribution in [2.45, 2.75) is 27.7 Å². The number of hydrogen-bond donors (Lipinski definition) is 2. The van der Waals surface area contributed by atoms with Crippen LogP contribution in [0.25, 0.3) is 5.82 Å². The van der Waals surface area contributed by atoms with Crippen molar-refractivity contribution < 1.29 is 4.79 Å². The third-order valence-corrected chi connectivity index (χ3v) is 4.35. The number of anilines is 1. The van der Waals surface area contributed by atoms with Crippen LogP contribution in [-0.2, 0) is 0 Å². The number of nitrogens with zero attached hydrogens (tertiary/aromatic N) is 4. The Balaban J connectivity index is 1.59. The molecule has 0 aliphatic carbocycles. The zero-order valence-corrected chi connectivity index (χ0v) is 16.1. The fourth-order valence-electron chi connectivity index (χ4n) is 2.67. The summed E-state index contributed by atoms with van der Waals surface area (Å²) in [6.07, 6.45) is 1.76. The lowest BCUT2D eigenvalue weighted by atomic mass is 10.1. The molecule has 0 radical (unpaired) electrons. The van der Waals surface area contributed by atoms with Crippen molar-refractivity contribution in [2.24, 2.45) is 0 Å². The lowest BCUT2D eigenvalue weighted by Gasteiger charge is -2.11. The van der Waals surface area contributed by atoms with Gasteiger partial charge in [-0.3, -0.25) is 9.36 Å². The van der Waals surface area contributed by atoms with Gasteiger partial charge in [0.15, 0.2) is 0 Å². The largest absolute Gasteiger partial charge is 0.368 e. The maximum absolute atomic E-state index is 12.1. The highest BCUT2D eigenvalue weighted by Crippen LogP contribution is 2.15. The van der Waals surface area contributed by atoms with Crippen LogP contribution >= 0.6 is 0 Å². The summed E-state index contributed by atoms with van der Waals surface area (Å²) in [7, 11) is 0. The van der Waals surface area contributed by atoms with Gasteiger partial charge in [0.2, 0.25) is 0 Å². The topological polar surface area (TPSA) is 84.7 Å². The highest BCUT2D eigenvalue weighted by atomic mass is 16.1. The SMILES string of the molecule is Cc1ccc(C(=O)NCCNc2cc(-n3cnc(C)c3C)nc(C)n2)cc1. The Hall–Kier alpha value is -3.22. The van der Waals surface area contributed by atoms with Crippen LogP contribution in [0, 0.1) is 27.7 Å². The van der Waals surface area contributed by atoms with E-state index in [1.54, 1.807) is 6.33 Å². The second-order valence-corrected chi connectivity index (χ2v) is 6.49. The van der Waals surface area contributed by atoms with Crippen molar-refractivity contribution in [2.75, 3.05) is 18.4 Å². The fourth-order valence-corrected chi connectivity index (χ4v) is 2.67. The lowest BCUT2D eigenvalue weighted by molar-refractivity contribution is 0.0955. The number of amides is 1. The summed E-state index contributed by atoms with van der Waals surface area (Å²) in [5, 5.41) is 6.14. The average Bonchev–Trinajstić information content (AvgIpc) is 2.98. The molecule has 0 spiro atoms. The van der Waals surface area contributed by atoms with Crippen molar-refractivity contribution in [3.8, 4) is 5.82 Å². The molecular formula is C20H24N6O. The van der Waals surface area contributed by atoms with E-state index in [-0.39, 0.29) is 5.91 Å². The van der Waals surface area contributed by atoms with Crippen molar-refractivity contribution in [3.05, 3.63) is 65.0 Å². The number of benzene rings is 1. The molecule has 7 heteroatoms. The summed E-state index contributed by atoms with van der Waals surface area (Å²) in [5.74, 6) is 2.07. The summed E-state index contributed by atoms with van der Waals surface area (Å²) in [5.41, 5.74) is 3.81. The molecule has 2 N–H and O–H groups in total. The van der Waals surface area contributed by atoms with Crippen LogP contribution in [0.4, 0.5) is 5.82 Å². The molecule has 3 aromatic rings. The standard InChI is InChI=1S/C20H24N6O/c1-13-5-7-17(8-6-13)20(27)22-10-9-21-18-11-19(25-16(4)24-18)26-12-23-14(2)15(26)3/h5-8,11-12H,9-10H2,1-4H3,(H,22,27)(H,21,24,25). The predicted octanol–water partition coefficient (Wildman–Crippen LogP) is 2.74. The average molecular weight is 364 g/mol. The van der Waals surface area contributed by atoms with Gasteiger partial charge in [0.25, 0.3) is 5.91 Å². The Morgan fingerprint density at radius 2 is 1.78 bits per heavy atom. The number of rotatable bonds is 6. The van der Waals surface area contributed by atoms with E-state index in [4.69, 9.17) is 0 Å². The molecule has 7 nitrogen and oxygen atoms in total. The molecule has 0 unspecified atom stereocenters. The lowest BCUT2D eigenvalue weighted by Crippen LogP contribution is -2.29. The maximum atomic E-state index is 12.1. The van der Waals surface area contributed by atoms with Gasteiger partial charge in [0, 0.05) is 30.4 Å². The number of nitrogens with one attached hydrogen (secondary N) is 2. The number of carbonyl (C=O) groups excluding carboxylic acids is 1. The van der Waals surface area contributed by atoms with Gasteiger partial charge in [-0.25, -0.2) is 15.0 Å². The van der Waals surface area contributed by atoms with E-state index < -0.39 is 0 Å². The van der Waals surface area contributed by atoms with Crippen LogP contribution in [0.1, 0.15) is 33.1 Å². The Morgan fingerprint density at radius 3 is 2.44 bits per heavy atom. The van der Waals surface area contributed by atoms with Crippen LogP contribution in [0.5, 0.6) is 0 Å². The molecule has 1 amide bonds. The first-order valence-electron chi connectivity index (χ1n) is 8.89. The molecule has 27 heavy (non-hydrogen) atoms. The molecule has 0 saturated heterocycles. The van der Waals surface area contributed by atoms with Crippen LogP contribution in [0.15, 0.2) is 36.7 Å². The molecule has 0 aliphatic rings. The third-order valence-electron chi connectivity index (χ3n) is 4.35. The number of carbonyl (C=O) groups is 1. The molecule has 0 fully saturated rings. The van der Waals surface area contributed by atoms with Gasteiger partial charge in [-0.2, -0.15) is 0 Å². The van der Waals surface area contributed by atoms with E-state index in [9.17, 15) is 4.79 Å². The summed E-state index contributed by atoms with van der Waals surface area (Å²) in [6, 6.07) is 9.39. The van der Waals surface area contributed by atoms with Crippen molar-refractivity contribution >= 4 is 11.7 Å².